The van der Waals surface area contributed by atoms with E-state index in [4.69, 9.17) is 21.2 Å². The molecule has 0 radical (unpaired) electrons. The minimum absolute atomic E-state index is 0.0949. The predicted octanol–water partition coefficient (Wildman–Crippen LogP) is 6.65. The molecule has 1 aromatic carbocycles. The SMILES string of the molecule is COc1ccc(P2(=S)ON=C(C)[C@]23CC[C@H]2[C@@H]4CCC5=C/C(=N/O)CC[C@]5(C)[C@H]4CC[C@@]23C)cc1. The van der Waals surface area contributed by atoms with Crippen LogP contribution in [0.4, 0.5) is 0 Å². The first kappa shape index (κ1) is 23.7. The fourth-order valence-electron chi connectivity index (χ4n) is 9.27. The highest BCUT2D eigenvalue weighted by Crippen LogP contribution is 2.79. The van der Waals surface area contributed by atoms with Crippen molar-refractivity contribution in [2.24, 2.45) is 38.9 Å². The summed E-state index contributed by atoms with van der Waals surface area (Å²) in [5.74, 6) is 2.88. The van der Waals surface area contributed by atoms with E-state index >= 15 is 0 Å². The highest BCUT2D eigenvalue weighted by atomic mass is 32.4. The Morgan fingerprint density at radius 1 is 1.09 bits per heavy atom. The Bertz CT molecular complexity index is 1190. The zero-order valence-electron chi connectivity index (χ0n) is 21.3. The molecule has 0 amide bonds. The van der Waals surface area contributed by atoms with E-state index in [0.29, 0.717) is 17.8 Å². The molecule has 4 aliphatic carbocycles. The standard InChI is InChI=1S/C28H37N2O3PS/c1-18-28(34(35,33-30-18)22-8-6-21(32-4)7-9-22)16-13-25-23-10-5-19-17-20(29-31)11-14-26(19,2)24(23)12-15-27(25,28)3/h6-9,17,23-25,31H,5,10-16H2,1-4H3/b29-20+/t23-,24+,25+,26+,27+,28+,34?/m1/s1. The van der Waals surface area contributed by atoms with Gasteiger partial charge in [-0.2, -0.15) is 0 Å². The summed E-state index contributed by atoms with van der Waals surface area (Å²) in [4.78, 5) is 0. The third-order valence-electron chi connectivity index (χ3n) is 11.1. The minimum Gasteiger partial charge on any atom is -0.497 e. The first-order valence-corrected chi connectivity index (χ1v) is 15.9. The Morgan fingerprint density at radius 2 is 1.83 bits per heavy atom. The van der Waals surface area contributed by atoms with Gasteiger partial charge in [0.1, 0.15) is 5.75 Å². The first-order valence-electron chi connectivity index (χ1n) is 13.1. The second-order valence-corrected chi connectivity index (χ2v) is 16.0. The average molecular weight is 513 g/mol. The summed E-state index contributed by atoms with van der Waals surface area (Å²) in [6, 6.07) is 8.28. The highest BCUT2D eigenvalue weighted by Gasteiger charge is 2.72. The molecule has 1 N–H and O–H groups in total. The molecule has 0 saturated heterocycles. The highest BCUT2D eigenvalue weighted by molar-refractivity contribution is 8.17. The lowest BCUT2D eigenvalue weighted by atomic mass is 9.46. The number of allylic oxidation sites excluding steroid dienone is 2. The first-order chi connectivity index (χ1) is 16.7. The van der Waals surface area contributed by atoms with Crippen molar-refractivity contribution in [2.45, 2.75) is 77.3 Å². The van der Waals surface area contributed by atoms with Gasteiger partial charge >= 0.3 is 0 Å². The van der Waals surface area contributed by atoms with Crippen molar-refractivity contribution in [1.29, 1.82) is 0 Å². The predicted molar refractivity (Wildman–Crippen MR) is 145 cm³/mol. The topological polar surface area (TPSA) is 63.4 Å². The van der Waals surface area contributed by atoms with Crippen LogP contribution < -0.4 is 10.0 Å². The molecule has 5 aliphatic rings. The lowest BCUT2D eigenvalue weighted by molar-refractivity contribution is -0.0371. The van der Waals surface area contributed by atoms with Gasteiger partial charge in [0.15, 0.2) is 6.26 Å². The van der Waals surface area contributed by atoms with Crippen LogP contribution in [0.1, 0.15) is 72.1 Å². The number of benzene rings is 1. The van der Waals surface area contributed by atoms with Crippen molar-refractivity contribution in [2.75, 3.05) is 7.11 Å². The Hall–Kier alpha value is -1.65. The summed E-state index contributed by atoms with van der Waals surface area (Å²) in [6.07, 6.45) is 8.78. The van der Waals surface area contributed by atoms with Crippen LogP contribution in [0.3, 0.4) is 0 Å². The van der Waals surface area contributed by atoms with Gasteiger partial charge in [0.25, 0.3) is 0 Å². The van der Waals surface area contributed by atoms with E-state index < -0.39 is 6.26 Å². The van der Waals surface area contributed by atoms with E-state index in [1.807, 2.05) is 12.1 Å². The van der Waals surface area contributed by atoms with Crippen LogP contribution in [0.25, 0.3) is 0 Å². The molecule has 1 unspecified atom stereocenters. The third kappa shape index (κ3) is 2.90. The summed E-state index contributed by atoms with van der Waals surface area (Å²) in [7, 11) is 1.70. The molecular formula is C28H37N2O3PS. The van der Waals surface area contributed by atoms with Crippen LogP contribution in [0.2, 0.25) is 0 Å². The summed E-state index contributed by atoms with van der Waals surface area (Å²) < 4.78 is 11.8. The maximum Gasteiger partial charge on any atom is 0.185 e. The Kier molecular flexibility index (Phi) is 5.37. The van der Waals surface area contributed by atoms with Gasteiger partial charge in [0.2, 0.25) is 0 Å². The second-order valence-electron chi connectivity index (χ2n) is 12.0. The van der Waals surface area contributed by atoms with Crippen LogP contribution in [-0.4, -0.2) is 28.9 Å². The van der Waals surface area contributed by atoms with Crippen molar-refractivity contribution >= 4 is 34.8 Å². The van der Waals surface area contributed by atoms with Crippen LogP contribution >= 0.6 is 6.26 Å². The minimum atomic E-state index is -2.43. The number of hydrogen-bond acceptors (Lipinski definition) is 6. The molecule has 1 aromatic rings. The zero-order valence-corrected chi connectivity index (χ0v) is 23.0. The smallest absolute Gasteiger partial charge is 0.185 e. The van der Waals surface area contributed by atoms with Gasteiger partial charge in [-0.15, -0.1) is 0 Å². The van der Waals surface area contributed by atoms with Crippen LogP contribution in [0, 0.1) is 28.6 Å². The Balaban J connectivity index is 1.39. The number of oxime groups is 2. The van der Waals surface area contributed by atoms with Crippen molar-refractivity contribution in [3.8, 4) is 5.75 Å². The largest absolute Gasteiger partial charge is 0.497 e. The van der Waals surface area contributed by atoms with E-state index in [2.05, 4.69) is 49.3 Å². The summed E-state index contributed by atoms with van der Waals surface area (Å²) >= 11 is 6.58. The maximum absolute atomic E-state index is 9.38. The molecule has 1 spiro atoms. The zero-order chi connectivity index (χ0) is 24.6. The molecule has 1 heterocycles. The van der Waals surface area contributed by atoms with Crippen molar-refractivity contribution in [3.63, 3.8) is 0 Å². The van der Waals surface area contributed by atoms with Crippen LogP contribution in [0.15, 0.2) is 46.2 Å². The van der Waals surface area contributed by atoms with E-state index in [-0.39, 0.29) is 16.0 Å². The summed E-state index contributed by atoms with van der Waals surface area (Å²) in [6.45, 7) is 7.20. The van der Waals surface area contributed by atoms with Crippen LogP contribution in [0.5, 0.6) is 5.75 Å². The van der Waals surface area contributed by atoms with E-state index in [1.165, 1.54) is 31.3 Å². The molecule has 3 fully saturated rings. The van der Waals surface area contributed by atoms with Gasteiger partial charge in [-0.05, 0) is 129 Å². The molecule has 7 atom stereocenters. The molecule has 3 saturated carbocycles. The van der Waals surface area contributed by atoms with Gasteiger partial charge < -0.3 is 14.6 Å². The normalized spacial score (nSPS) is 45.3. The molecule has 0 aromatic heterocycles. The summed E-state index contributed by atoms with van der Waals surface area (Å²) in [5.41, 5.74) is 3.81. The van der Waals surface area contributed by atoms with Gasteiger partial charge in [0.05, 0.1) is 23.7 Å². The van der Waals surface area contributed by atoms with Gasteiger partial charge in [-0.1, -0.05) is 29.7 Å². The van der Waals surface area contributed by atoms with Crippen molar-refractivity contribution < 1.29 is 14.6 Å². The van der Waals surface area contributed by atoms with E-state index in [1.54, 1.807) is 7.11 Å². The molecule has 188 valence electrons. The Labute approximate surface area is 214 Å². The number of methoxy groups -OCH3 is 1. The van der Waals surface area contributed by atoms with Crippen molar-refractivity contribution in [3.05, 3.63) is 35.9 Å². The van der Waals surface area contributed by atoms with E-state index in [9.17, 15) is 5.21 Å². The van der Waals surface area contributed by atoms with Gasteiger partial charge in [0, 0.05) is 5.30 Å². The van der Waals surface area contributed by atoms with Crippen LogP contribution in [-0.2, 0) is 16.4 Å². The second kappa shape index (κ2) is 7.92. The fraction of sp³-hybridized carbons (Fsp3) is 0.643. The molecule has 35 heavy (non-hydrogen) atoms. The van der Waals surface area contributed by atoms with Gasteiger partial charge in [-0.25, -0.2) is 0 Å². The monoisotopic (exact) mass is 512 g/mol. The fourth-order valence-corrected chi connectivity index (χ4v) is 14.3. The molecular weight excluding hydrogens is 475 g/mol. The lowest BCUT2D eigenvalue weighted by Gasteiger charge is -2.60. The molecule has 6 rings (SSSR count). The Morgan fingerprint density at radius 3 is 2.54 bits per heavy atom. The third-order valence-corrected chi connectivity index (χ3v) is 16.2. The molecule has 0 bridgehead atoms. The number of ether oxygens (including phenoxy) is 1. The van der Waals surface area contributed by atoms with Gasteiger partial charge in [-0.3, -0.25) is 0 Å². The number of nitrogens with zero attached hydrogens (tertiary/aromatic N) is 2. The quantitative estimate of drug-likeness (QED) is 0.274. The number of hydrogen-bond donors (Lipinski definition) is 1. The molecule has 7 heteroatoms. The maximum atomic E-state index is 9.38. The molecule has 1 aliphatic heterocycles. The number of fused-ring (bicyclic) bond motifs is 6. The lowest BCUT2D eigenvalue weighted by Crippen LogP contribution is -2.56. The number of rotatable bonds is 2. The van der Waals surface area contributed by atoms with Crippen molar-refractivity contribution in [1.82, 2.24) is 0 Å². The molecule has 5 nitrogen and oxygen atoms in total. The average Bonchev–Trinajstić information content (AvgIpc) is 3.34. The van der Waals surface area contributed by atoms with E-state index in [0.717, 1.165) is 48.2 Å². The summed E-state index contributed by atoms with van der Waals surface area (Å²) in [5, 5.41) is 18.5.